The number of methoxy groups -OCH3 is 1. The number of anilines is 1. The van der Waals surface area contributed by atoms with Gasteiger partial charge in [0.05, 0.1) is 17.7 Å². The van der Waals surface area contributed by atoms with E-state index in [4.69, 9.17) is 0 Å². The number of hydrogen-bond acceptors (Lipinski definition) is 5. The molecule has 0 heterocycles. The Bertz CT molecular complexity index is 930. The maximum absolute atomic E-state index is 13.3. The quantitative estimate of drug-likeness (QED) is 0.731. The lowest BCUT2D eigenvalue weighted by atomic mass is 9.93. The Morgan fingerprint density at radius 3 is 2.04 bits per heavy atom. The van der Waals surface area contributed by atoms with Crippen molar-refractivity contribution in [3.8, 4) is 0 Å². The van der Waals surface area contributed by atoms with Crippen LogP contribution in [0, 0.1) is 0 Å². The molecule has 0 saturated heterocycles. The van der Waals surface area contributed by atoms with Crippen LogP contribution < -0.4 is 4.31 Å². The zero-order valence-electron chi connectivity index (χ0n) is 15.0. The molecule has 0 spiro atoms. The molecule has 0 unspecified atom stereocenters. The zero-order chi connectivity index (χ0) is 21.2. The van der Waals surface area contributed by atoms with E-state index in [1.165, 1.54) is 12.1 Å². The summed E-state index contributed by atoms with van der Waals surface area (Å²) in [6.07, 6.45) is -5.33. The fourth-order valence-electron chi connectivity index (χ4n) is 2.62. The molecule has 0 aliphatic carbocycles. The summed E-state index contributed by atoms with van der Waals surface area (Å²) >= 11 is 0. The summed E-state index contributed by atoms with van der Waals surface area (Å²) in [5, 5.41) is 9.98. The number of ether oxygens (including phenoxy) is 1. The lowest BCUT2D eigenvalue weighted by molar-refractivity contribution is -0.266. The number of sulfonamides is 1. The Hall–Kier alpha value is -2.59. The molecule has 6 nitrogen and oxygen atoms in total. The van der Waals surface area contributed by atoms with Gasteiger partial charge >= 0.3 is 12.1 Å². The van der Waals surface area contributed by atoms with Gasteiger partial charge in [0.25, 0.3) is 15.6 Å². The second-order valence-corrected chi connectivity index (χ2v) is 7.59. The number of aliphatic hydroxyl groups is 1. The van der Waals surface area contributed by atoms with Gasteiger partial charge in [-0.2, -0.15) is 13.2 Å². The number of hydrogen-bond donors (Lipinski definition) is 1. The van der Waals surface area contributed by atoms with Crippen LogP contribution in [-0.2, 0) is 25.2 Å². The smallest absolute Gasteiger partial charge is 0.432 e. The number of halogens is 3. The second-order valence-electron chi connectivity index (χ2n) is 5.73. The van der Waals surface area contributed by atoms with Gasteiger partial charge in [0.1, 0.15) is 0 Å². The summed E-state index contributed by atoms with van der Waals surface area (Å²) < 4.78 is 70.6. The van der Waals surface area contributed by atoms with Crippen molar-refractivity contribution in [2.45, 2.75) is 23.6 Å². The standard InChI is InChI=1S/C18H18F3NO5S/c1-3-22(28(25,26)15-7-5-4-6-8-15)14-11-9-13(10-12-14)17(24,16(23)27-2)18(19,20)21/h4-12,24H,3H2,1-2H3/t17-/m0/s1. The maximum Gasteiger partial charge on any atom is 0.432 e. The SMILES string of the molecule is CCN(c1ccc([C@](O)(C(=O)OC)C(F)(F)F)cc1)S(=O)(=O)c1ccccc1. The highest BCUT2D eigenvalue weighted by molar-refractivity contribution is 7.92. The molecule has 0 saturated carbocycles. The van der Waals surface area contributed by atoms with Crippen LogP contribution in [0.25, 0.3) is 0 Å². The Morgan fingerprint density at radius 2 is 1.61 bits per heavy atom. The minimum atomic E-state index is -5.33. The second kappa shape index (κ2) is 7.80. The molecular formula is C18H18F3NO5S. The van der Waals surface area contributed by atoms with Gasteiger partial charge in [-0.1, -0.05) is 30.3 Å². The predicted molar refractivity (Wildman–Crippen MR) is 95.1 cm³/mol. The summed E-state index contributed by atoms with van der Waals surface area (Å²) in [4.78, 5) is 11.6. The summed E-state index contributed by atoms with van der Waals surface area (Å²) in [6.45, 7) is 1.58. The van der Waals surface area contributed by atoms with E-state index < -0.39 is 33.3 Å². The van der Waals surface area contributed by atoms with Crippen molar-refractivity contribution >= 4 is 21.7 Å². The number of alkyl halides is 3. The highest BCUT2D eigenvalue weighted by Gasteiger charge is 2.62. The van der Waals surface area contributed by atoms with Crippen LogP contribution in [-0.4, -0.2) is 39.3 Å². The third-order valence-corrected chi connectivity index (χ3v) is 6.00. The molecular weight excluding hydrogens is 399 g/mol. The Morgan fingerprint density at radius 1 is 1.07 bits per heavy atom. The molecule has 28 heavy (non-hydrogen) atoms. The predicted octanol–water partition coefficient (Wildman–Crippen LogP) is 2.82. The molecule has 10 heteroatoms. The molecule has 0 amide bonds. The number of carbonyl (C=O) groups excluding carboxylic acids is 1. The molecule has 0 radical (unpaired) electrons. The van der Waals surface area contributed by atoms with E-state index in [1.807, 2.05) is 0 Å². The summed E-state index contributed by atoms with van der Waals surface area (Å²) in [5.41, 5.74) is -4.58. The average Bonchev–Trinajstić information content (AvgIpc) is 2.67. The number of rotatable bonds is 6. The van der Waals surface area contributed by atoms with Crippen molar-refractivity contribution in [2.75, 3.05) is 18.0 Å². The third-order valence-electron chi connectivity index (χ3n) is 4.08. The van der Waals surface area contributed by atoms with E-state index in [0.29, 0.717) is 0 Å². The van der Waals surface area contributed by atoms with Gasteiger partial charge in [-0.3, -0.25) is 4.31 Å². The number of carbonyl (C=O) groups is 1. The van der Waals surface area contributed by atoms with Gasteiger partial charge in [0.15, 0.2) is 0 Å². The van der Waals surface area contributed by atoms with Crippen LogP contribution in [0.3, 0.4) is 0 Å². The van der Waals surface area contributed by atoms with Gasteiger partial charge in [0.2, 0.25) is 0 Å². The van der Waals surface area contributed by atoms with Crippen LogP contribution in [0.2, 0.25) is 0 Å². The molecule has 2 rings (SSSR count). The Labute approximate surface area is 160 Å². The van der Waals surface area contributed by atoms with E-state index in [9.17, 15) is 31.5 Å². The van der Waals surface area contributed by atoms with Crippen LogP contribution in [0.4, 0.5) is 18.9 Å². The van der Waals surface area contributed by atoms with E-state index >= 15 is 0 Å². The van der Waals surface area contributed by atoms with E-state index in [0.717, 1.165) is 35.7 Å². The lowest BCUT2D eigenvalue weighted by Gasteiger charge is -2.29. The summed E-state index contributed by atoms with van der Waals surface area (Å²) in [6, 6.07) is 11.4. The topological polar surface area (TPSA) is 83.9 Å². The first-order chi connectivity index (χ1) is 13.0. The van der Waals surface area contributed by atoms with Crippen molar-refractivity contribution in [1.82, 2.24) is 0 Å². The molecule has 0 bridgehead atoms. The normalized spacial score (nSPS) is 14.2. The molecule has 2 aromatic carbocycles. The largest absolute Gasteiger partial charge is 0.466 e. The van der Waals surface area contributed by atoms with Crippen molar-refractivity contribution in [2.24, 2.45) is 0 Å². The zero-order valence-corrected chi connectivity index (χ0v) is 15.8. The minimum absolute atomic E-state index is 0.0110. The summed E-state index contributed by atoms with van der Waals surface area (Å²) in [5.74, 6) is -1.89. The van der Waals surface area contributed by atoms with Crippen molar-refractivity contribution < 1.29 is 36.2 Å². The molecule has 0 aliphatic rings. The summed E-state index contributed by atoms with van der Waals surface area (Å²) in [7, 11) is -3.22. The van der Waals surface area contributed by atoms with Gasteiger partial charge < -0.3 is 9.84 Å². The molecule has 1 atom stereocenters. The van der Waals surface area contributed by atoms with Crippen LogP contribution in [0.15, 0.2) is 59.5 Å². The van der Waals surface area contributed by atoms with Crippen LogP contribution in [0.1, 0.15) is 12.5 Å². The van der Waals surface area contributed by atoms with E-state index in [-0.39, 0.29) is 17.1 Å². The van der Waals surface area contributed by atoms with Crippen molar-refractivity contribution in [1.29, 1.82) is 0 Å². The number of benzene rings is 2. The van der Waals surface area contributed by atoms with Gasteiger partial charge in [-0.15, -0.1) is 0 Å². The monoisotopic (exact) mass is 417 g/mol. The number of nitrogens with zero attached hydrogens (tertiary/aromatic N) is 1. The van der Waals surface area contributed by atoms with Gasteiger partial charge in [-0.25, -0.2) is 13.2 Å². The molecule has 0 fully saturated rings. The lowest BCUT2D eigenvalue weighted by Crippen LogP contribution is -2.49. The highest BCUT2D eigenvalue weighted by Crippen LogP contribution is 2.40. The molecule has 0 aromatic heterocycles. The van der Waals surface area contributed by atoms with Crippen molar-refractivity contribution in [3.05, 3.63) is 60.2 Å². The molecule has 152 valence electrons. The number of esters is 1. The fourth-order valence-corrected chi connectivity index (χ4v) is 4.12. The first-order valence-corrected chi connectivity index (χ1v) is 9.50. The van der Waals surface area contributed by atoms with E-state index in [1.54, 1.807) is 25.1 Å². The van der Waals surface area contributed by atoms with Crippen LogP contribution in [0.5, 0.6) is 0 Å². The van der Waals surface area contributed by atoms with Crippen LogP contribution >= 0.6 is 0 Å². The average molecular weight is 417 g/mol. The van der Waals surface area contributed by atoms with Gasteiger partial charge in [-0.05, 0) is 31.2 Å². The molecule has 2 aromatic rings. The maximum atomic E-state index is 13.3. The third kappa shape index (κ3) is 3.69. The molecule has 1 N–H and O–H groups in total. The van der Waals surface area contributed by atoms with E-state index in [2.05, 4.69) is 4.74 Å². The Balaban J connectivity index is 2.49. The highest BCUT2D eigenvalue weighted by atomic mass is 32.2. The minimum Gasteiger partial charge on any atom is -0.466 e. The molecule has 0 aliphatic heterocycles. The fraction of sp³-hybridized carbons (Fsp3) is 0.278. The first kappa shape index (κ1) is 21.7. The van der Waals surface area contributed by atoms with Gasteiger partial charge in [0, 0.05) is 12.1 Å². The first-order valence-electron chi connectivity index (χ1n) is 8.06. The Kier molecular flexibility index (Phi) is 6.05. The van der Waals surface area contributed by atoms with Crippen molar-refractivity contribution in [3.63, 3.8) is 0 Å².